The molecule has 0 bridgehead atoms. The Bertz CT molecular complexity index is 403. The van der Waals surface area contributed by atoms with Crippen molar-refractivity contribution in [2.24, 2.45) is 0 Å². The summed E-state index contributed by atoms with van der Waals surface area (Å²) in [5.74, 6) is 0.152. The maximum atomic E-state index is 11.7. The lowest BCUT2D eigenvalue weighted by molar-refractivity contribution is -0.123. The van der Waals surface area contributed by atoms with Gasteiger partial charge in [0.15, 0.2) is 9.84 Å². The van der Waals surface area contributed by atoms with Crippen LogP contribution in [0.1, 0.15) is 19.3 Å². The van der Waals surface area contributed by atoms with Gasteiger partial charge in [0.2, 0.25) is 5.91 Å². The summed E-state index contributed by atoms with van der Waals surface area (Å²) in [6.45, 7) is 0.440. The number of hydrogen-bond acceptors (Lipinski definition) is 5. The summed E-state index contributed by atoms with van der Waals surface area (Å²) in [4.78, 5) is 11.7. The van der Waals surface area contributed by atoms with Crippen molar-refractivity contribution in [3.8, 4) is 0 Å². The van der Waals surface area contributed by atoms with E-state index in [0.717, 1.165) is 12.8 Å². The molecule has 1 amide bonds. The van der Waals surface area contributed by atoms with E-state index < -0.39 is 9.84 Å². The quantitative estimate of drug-likeness (QED) is 0.692. The Morgan fingerprint density at radius 1 is 1.44 bits per heavy atom. The van der Waals surface area contributed by atoms with Crippen molar-refractivity contribution in [1.82, 2.24) is 10.6 Å². The second-order valence-corrected chi connectivity index (χ2v) is 7.29. The first kappa shape index (κ1) is 13.8. The van der Waals surface area contributed by atoms with Gasteiger partial charge in [0.1, 0.15) is 0 Å². The number of hydrogen-bond donors (Lipinski definition) is 2. The molecule has 0 aromatic heterocycles. The van der Waals surface area contributed by atoms with Crippen molar-refractivity contribution in [3.63, 3.8) is 0 Å². The predicted octanol–water partition coefficient (Wildman–Crippen LogP) is -0.943. The van der Waals surface area contributed by atoms with Crippen LogP contribution in [0.15, 0.2) is 0 Å². The number of carbonyl (C=O) groups excluding carboxylic acids is 1. The van der Waals surface area contributed by atoms with Crippen LogP contribution in [0.4, 0.5) is 0 Å². The van der Waals surface area contributed by atoms with E-state index >= 15 is 0 Å². The highest BCUT2D eigenvalue weighted by Crippen LogP contribution is 2.22. The highest BCUT2D eigenvalue weighted by atomic mass is 32.2. The molecule has 7 heteroatoms. The molecule has 2 rings (SSSR count). The van der Waals surface area contributed by atoms with Gasteiger partial charge in [-0.3, -0.25) is 4.79 Å². The molecule has 104 valence electrons. The summed E-state index contributed by atoms with van der Waals surface area (Å²) < 4.78 is 28.0. The van der Waals surface area contributed by atoms with Crippen LogP contribution in [0.3, 0.4) is 0 Å². The number of sulfone groups is 1. The van der Waals surface area contributed by atoms with Gasteiger partial charge in [-0.15, -0.1) is 0 Å². The third-order valence-corrected chi connectivity index (χ3v) is 5.26. The standard InChI is InChI=1S/C11H20N2O4S/c1-17-10-4-8(5-10)13-11(14)6-9-7-18(15,16)3-2-12-9/h8-10,12H,2-7H2,1H3,(H,13,14). The Morgan fingerprint density at radius 2 is 2.17 bits per heavy atom. The minimum atomic E-state index is -2.97. The lowest BCUT2D eigenvalue weighted by Gasteiger charge is -2.35. The number of ether oxygens (including phenoxy) is 1. The number of nitrogens with one attached hydrogen (secondary N) is 2. The Morgan fingerprint density at radius 3 is 2.78 bits per heavy atom. The van der Waals surface area contributed by atoms with E-state index in [4.69, 9.17) is 4.74 Å². The summed E-state index contributed by atoms with van der Waals surface area (Å²) in [5.41, 5.74) is 0. The molecular formula is C11H20N2O4S. The first-order valence-electron chi connectivity index (χ1n) is 6.24. The SMILES string of the molecule is COC1CC(NC(=O)CC2CS(=O)(=O)CCN2)C1. The maximum Gasteiger partial charge on any atom is 0.221 e. The summed E-state index contributed by atoms with van der Waals surface area (Å²) >= 11 is 0. The molecule has 0 aromatic carbocycles. The molecular weight excluding hydrogens is 256 g/mol. The second kappa shape index (κ2) is 5.54. The zero-order valence-corrected chi connectivity index (χ0v) is 11.3. The number of amides is 1. The van der Waals surface area contributed by atoms with Gasteiger partial charge in [0.05, 0.1) is 17.6 Å². The Hall–Kier alpha value is -0.660. The van der Waals surface area contributed by atoms with Gasteiger partial charge in [0, 0.05) is 32.2 Å². The van der Waals surface area contributed by atoms with Crippen LogP contribution in [0.5, 0.6) is 0 Å². The Balaban J connectivity index is 1.71. The van der Waals surface area contributed by atoms with Gasteiger partial charge in [-0.05, 0) is 12.8 Å². The molecule has 2 fully saturated rings. The molecule has 2 aliphatic rings. The molecule has 1 saturated heterocycles. The van der Waals surface area contributed by atoms with Gasteiger partial charge >= 0.3 is 0 Å². The zero-order chi connectivity index (χ0) is 13.2. The van der Waals surface area contributed by atoms with E-state index in [1.165, 1.54) is 0 Å². The third kappa shape index (κ3) is 3.66. The van der Waals surface area contributed by atoms with Crippen LogP contribution < -0.4 is 10.6 Å². The van der Waals surface area contributed by atoms with Gasteiger partial charge in [-0.1, -0.05) is 0 Å². The molecule has 1 aliphatic carbocycles. The first-order valence-corrected chi connectivity index (χ1v) is 8.06. The molecule has 1 saturated carbocycles. The van der Waals surface area contributed by atoms with Gasteiger partial charge in [-0.25, -0.2) is 8.42 Å². The van der Waals surface area contributed by atoms with Crippen molar-refractivity contribution in [1.29, 1.82) is 0 Å². The number of methoxy groups -OCH3 is 1. The summed E-state index contributed by atoms with van der Waals surface area (Å²) in [5, 5.41) is 5.97. The van der Waals surface area contributed by atoms with Gasteiger partial charge in [-0.2, -0.15) is 0 Å². The van der Waals surface area contributed by atoms with Crippen LogP contribution in [-0.4, -0.2) is 57.7 Å². The average molecular weight is 276 g/mol. The molecule has 1 aliphatic heterocycles. The monoisotopic (exact) mass is 276 g/mol. The van der Waals surface area contributed by atoms with Crippen LogP contribution >= 0.6 is 0 Å². The number of carbonyl (C=O) groups is 1. The van der Waals surface area contributed by atoms with Crippen LogP contribution in [0.2, 0.25) is 0 Å². The van der Waals surface area contributed by atoms with Crippen molar-refractivity contribution in [2.75, 3.05) is 25.2 Å². The van der Waals surface area contributed by atoms with Crippen molar-refractivity contribution in [2.45, 2.75) is 37.5 Å². The zero-order valence-electron chi connectivity index (χ0n) is 10.5. The predicted molar refractivity (Wildman–Crippen MR) is 67.0 cm³/mol. The fourth-order valence-electron chi connectivity index (χ4n) is 2.38. The molecule has 0 spiro atoms. The van der Waals surface area contributed by atoms with Crippen molar-refractivity contribution < 1.29 is 17.9 Å². The summed E-state index contributed by atoms with van der Waals surface area (Å²) in [7, 11) is -1.31. The van der Waals surface area contributed by atoms with E-state index in [1.54, 1.807) is 7.11 Å². The highest BCUT2D eigenvalue weighted by molar-refractivity contribution is 7.91. The fourth-order valence-corrected chi connectivity index (χ4v) is 3.83. The normalized spacial score (nSPS) is 34.6. The largest absolute Gasteiger partial charge is 0.381 e. The van der Waals surface area contributed by atoms with E-state index in [1.807, 2.05) is 0 Å². The second-order valence-electron chi connectivity index (χ2n) is 5.06. The van der Waals surface area contributed by atoms with Crippen molar-refractivity contribution >= 4 is 15.7 Å². The Labute approximate surface area is 107 Å². The lowest BCUT2D eigenvalue weighted by atomic mass is 9.89. The van der Waals surface area contributed by atoms with Gasteiger partial charge < -0.3 is 15.4 Å². The van der Waals surface area contributed by atoms with Crippen LogP contribution in [-0.2, 0) is 19.4 Å². The van der Waals surface area contributed by atoms with Crippen LogP contribution in [0.25, 0.3) is 0 Å². The Kier molecular flexibility index (Phi) is 4.24. The summed E-state index contributed by atoms with van der Waals surface area (Å²) in [6.07, 6.45) is 2.17. The molecule has 0 radical (unpaired) electrons. The van der Waals surface area contributed by atoms with Crippen LogP contribution in [0, 0.1) is 0 Å². The molecule has 0 aromatic rings. The molecule has 2 N–H and O–H groups in total. The number of rotatable bonds is 4. The minimum Gasteiger partial charge on any atom is -0.381 e. The smallest absolute Gasteiger partial charge is 0.221 e. The lowest BCUT2D eigenvalue weighted by Crippen LogP contribution is -2.51. The van der Waals surface area contributed by atoms with E-state index in [0.29, 0.717) is 6.54 Å². The third-order valence-electron chi connectivity index (χ3n) is 3.53. The fraction of sp³-hybridized carbons (Fsp3) is 0.909. The molecule has 18 heavy (non-hydrogen) atoms. The highest BCUT2D eigenvalue weighted by Gasteiger charge is 2.31. The summed E-state index contributed by atoms with van der Waals surface area (Å²) in [6, 6.07) is -0.0651. The molecule has 6 nitrogen and oxygen atoms in total. The van der Waals surface area contributed by atoms with E-state index in [2.05, 4.69) is 10.6 Å². The average Bonchev–Trinajstić information content (AvgIpc) is 2.21. The molecule has 1 atom stereocenters. The molecule has 1 unspecified atom stereocenters. The van der Waals surface area contributed by atoms with Crippen molar-refractivity contribution in [3.05, 3.63) is 0 Å². The maximum absolute atomic E-state index is 11.7. The van der Waals surface area contributed by atoms with E-state index in [-0.39, 0.29) is 42.0 Å². The first-order chi connectivity index (χ1) is 8.48. The van der Waals surface area contributed by atoms with Gasteiger partial charge in [0.25, 0.3) is 0 Å². The minimum absolute atomic E-state index is 0.0613. The molecule has 1 heterocycles. The topological polar surface area (TPSA) is 84.5 Å². The van der Waals surface area contributed by atoms with E-state index in [9.17, 15) is 13.2 Å².